The summed E-state index contributed by atoms with van der Waals surface area (Å²) in [5, 5.41) is 34.1. The first-order chi connectivity index (χ1) is 3.89. The largest absolute Gasteiger partial charge is 0.361 e. The molecule has 0 spiro atoms. The van der Waals surface area contributed by atoms with Crippen LogP contribution in [0, 0.1) is 0 Å². The summed E-state index contributed by atoms with van der Waals surface area (Å²) < 4.78 is 0. The van der Waals surface area contributed by atoms with Gasteiger partial charge in [0.15, 0.2) is 11.2 Å². The predicted molar refractivity (Wildman–Crippen MR) is 35.9 cm³/mol. The summed E-state index contributed by atoms with van der Waals surface area (Å²) in [6.45, 7) is 0. The molecule has 0 bridgehead atoms. The van der Waals surface area contributed by atoms with Crippen molar-refractivity contribution in [2.45, 2.75) is 11.2 Å². The van der Waals surface area contributed by atoms with Crippen molar-refractivity contribution in [2.24, 2.45) is 0 Å². The molecule has 58 valence electrons. The summed E-state index contributed by atoms with van der Waals surface area (Å²) in [5.41, 5.74) is -3.25. The van der Waals surface area contributed by atoms with Gasteiger partial charge in [-0.3, -0.25) is 0 Å². The Hall–Kier alpha value is 0.190. The molecular weight excluding hydrogens is 144 g/mol. The van der Waals surface area contributed by atoms with E-state index in [1.807, 2.05) is 0 Å². The zero-order valence-electron chi connectivity index (χ0n) is 5.35. The van der Waals surface area contributed by atoms with E-state index in [0.29, 0.717) is 0 Å². The summed E-state index contributed by atoms with van der Waals surface area (Å²) in [7, 11) is -2.09. The molecule has 0 aliphatic rings. The van der Waals surface area contributed by atoms with Gasteiger partial charge in [0.2, 0.25) is 0 Å². The van der Waals surface area contributed by atoms with E-state index in [4.69, 9.17) is 20.4 Å². The SMILES string of the molecule is CS(C)(C(O)O)C(O)O. The van der Waals surface area contributed by atoms with Gasteiger partial charge in [0, 0.05) is 0 Å². The maximum Gasteiger partial charge on any atom is 0.189 e. The van der Waals surface area contributed by atoms with Crippen LogP contribution in [0.1, 0.15) is 0 Å². The molecule has 9 heavy (non-hydrogen) atoms. The number of aliphatic hydroxyl groups excluding tert-OH is 2. The zero-order chi connectivity index (χ0) is 7.65. The van der Waals surface area contributed by atoms with E-state index >= 15 is 0 Å². The molecule has 0 aliphatic heterocycles. The predicted octanol–water partition coefficient (Wildman–Crippen LogP) is -1.41. The van der Waals surface area contributed by atoms with E-state index in [2.05, 4.69) is 0 Å². The second kappa shape index (κ2) is 2.85. The minimum atomic E-state index is -2.09. The molecule has 0 fully saturated rings. The highest BCUT2D eigenvalue weighted by Crippen LogP contribution is 2.45. The van der Waals surface area contributed by atoms with Gasteiger partial charge in [0.1, 0.15) is 0 Å². The van der Waals surface area contributed by atoms with Crippen molar-refractivity contribution < 1.29 is 20.4 Å². The van der Waals surface area contributed by atoms with E-state index in [0.717, 1.165) is 0 Å². The van der Waals surface area contributed by atoms with Gasteiger partial charge in [-0.2, -0.15) is 0 Å². The van der Waals surface area contributed by atoms with E-state index in [1.54, 1.807) is 0 Å². The second-order valence-corrected chi connectivity index (χ2v) is 5.96. The summed E-state index contributed by atoms with van der Waals surface area (Å²) >= 11 is 0. The van der Waals surface area contributed by atoms with Crippen molar-refractivity contribution in [1.82, 2.24) is 0 Å². The summed E-state index contributed by atoms with van der Waals surface area (Å²) in [5.74, 6) is 0. The van der Waals surface area contributed by atoms with Crippen LogP contribution in [-0.2, 0) is 0 Å². The first-order valence-corrected chi connectivity index (χ1v) is 4.90. The highest BCUT2D eigenvalue weighted by Gasteiger charge is 2.26. The first-order valence-electron chi connectivity index (χ1n) is 2.32. The number of hydrogen-bond acceptors (Lipinski definition) is 4. The average molecular weight is 156 g/mol. The summed E-state index contributed by atoms with van der Waals surface area (Å²) in [6, 6.07) is 0. The van der Waals surface area contributed by atoms with Crippen molar-refractivity contribution in [1.29, 1.82) is 0 Å². The fraction of sp³-hybridized carbons (Fsp3) is 1.00. The van der Waals surface area contributed by atoms with Gasteiger partial charge in [0.25, 0.3) is 0 Å². The molecular formula is C4H12O4S. The Labute approximate surface area is 55.1 Å². The van der Waals surface area contributed by atoms with Gasteiger partial charge in [-0.1, -0.05) is 0 Å². The molecule has 0 atom stereocenters. The maximum absolute atomic E-state index is 8.52. The van der Waals surface area contributed by atoms with Crippen LogP contribution in [0.15, 0.2) is 0 Å². The first kappa shape index (κ1) is 9.19. The van der Waals surface area contributed by atoms with Crippen LogP contribution < -0.4 is 0 Å². The Bertz CT molecular complexity index is 80.6. The van der Waals surface area contributed by atoms with Gasteiger partial charge >= 0.3 is 0 Å². The van der Waals surface area contributed by atoms with Crippen molar-refractivity contribution in [3.8, 4) is 0 Å². The van der Waals surface area contributed by atoms with Crippen LogP contribution in [0.25, 0.3) is 0 Å². The minimum absolute atomic E-state index is 1.42. The third-order valence-electron chi connectivity index (χ3n) is 1.09. The third-order valence-corrected chi connectivity index (χ3v) is 3.26. The van der Waals surface area contributed by atoms with E-state index in [-0.39, 0.29) is 0 Å². The van der Waals surface area contributed by atoms with Crippen LogP contribution in [0.2, 0.25) is 0 Å². The van der Waals surface area contributed by atoms with Crippen LogP contribution >= 0.6 is 10.0 Å². The quantitative estimate of drug-likeness (QED) is 0.370. The van der Waals surface area contributed by atoms with E-state index in [1.165, 1.54) is 12.5 Å². The van der Waals surface area contributed by atoms with Crippen LogP contribution in [0.5, 0.6) is 0 Å². The highest BCUT2D eigenvalue weighted by molar-refractivity contribution is 8.33. The standard InChI is InChI=1S/C4H12O4S/c1-9(2,3(5)6)4(7)8/h3-8H,1-2H3. The highest BCUT2D eigenvalue weighted by atomic mass is 32.3. The average Bonchev–Trinajstić information content (AvgIpc) is 1.65. The molecule has 5 heteroatoms. The normalized spacial score (nSPS) is 15.1. The van der Waals surface area contributed by atoms with Crippen molar-refractivity contribution in [3.05, 3.63) is 0 Å². The number of rotatable bonds is 2. The Morgan fingerprint density at radius 3 is 1.11 bits per heavy atom. The van der Waals surface area contributed by atoms with Gasteiger partial charge < -0.3 is 20.4 Å². The molecule has 0 saturated heterocycles. The van der Waals surface area contributed by atoms with Crippen molar-refractivity contribution in [2.75, 3.05) is 12.5 Å². The summed E-state index contributed by atoms with van der Waals surface area (Å²) in [6.07, 6.45) is 2.84. The van der Waals surface area contributed by atoms with E-state index < -0.39 is 21.3 Å². The molecule has 0 aromatic heterocycles. The second-order valence-electron chi connectivity index (χ2n) is 2.14. The molecule has 0 unspecified atom stereocenters. The lowest BCUT2D eigenvalue weighted by molar-refractivity contribution is 0.00441. The molecule has 0 aromatic rings. The lowest BCUT2D eigenvalue weighted by atomic mass is 11.5. The molecule has 0 heterocycles. The van der Waals surface area contributed by atoms with Crippen LogP contribution in [-0.4, -0.2) is 44.2 Å². The Kier molecular flexibility index (Phi) is 2.91. The fourth-order valence-corrected chi connectivity index (χ4v) is 0.327. The Balaban J connectivity index is 4.01. The van der Waals surface area contributed by atoms with Gasteiger partial charge in [-0.25, -0.2) is 0 Å². The lowest BCUT2D eigenvalue weighted by Gasteiger charge is -2.33. The smallest absolute Gasteiger partial charge is 0.189 e. The van der Waals surface area contributed by atoms with Gasteiger partial charge in [-0.15, -0.1) is 10.0 Å². The fourth-order valence-electron chi connectivity index (χ4n) is 0.109. The zero-order valence-corrected chi connectivity index (χ0v) is 6.17. The molecule has 0 radical (unpaired) electrons. The monoisotopic (exact) mass is 156 g/mol. The van der Waals surface area contributed by atoms with Crippen LogP contribution in [0.3, 0.4) is 0 Å². The molecule has 0 aliphatic carbocycles. The van der Waals surface area contributed by atoms with E-state index in [9.17, 15) is 0 Å². The molecule has 4 nitrogen and oxygen atoms in total. The molecule has 0 amide bonds. The lowest BCUT2D eigenvalue weighted by Crippen LogP contribution is -2.26. The molecule has 4 N–H and O–H groups in total. The molecule has 0 saturated carbocycles. The maximum atomic E-state index is 8.52. The molecule has 0 rings (SSSR count). The number of hydrogen-bond donors (Lipinski definition) is 4. The van der Waals surface area contributed by atoms with Crippen LogP contribution in [0.4, 0.5) is 0 Å². The Morgan fingerprint density at radius 1 is 0.889 bits per heavy atom. The van der Waals surface area contributed by atoms with Gasteiger partial charge in [-0.05, 0) is 12.5 Å². The van der Waals surface area contributed by atoms with Crippen molar-refractivity contribution in [3.63, 3.8) is 0 Å². The molecule has 0 aromatic carbocycles. The topological polar surface area (TPSA) is 80.9 Å². The van der Waals surface area contributed by atoms with Gasteiger partial charge in [0.05, 0.1) is 0 Å². The summed E-state index contributed by atoms with van der Waals surface area (Å²) in [4.78, 5) is 0. The number of aliphatic hydroxyl groups is 4. The minimum Gasteiger partial charge on any atom is -0.361 e. The Morgan fingerprint density at radius 2 is 1.11 bits per heavy atom. The van der Waals surface area contributed by atoms with Crippen molar-refractivity contribution >= 4 is 10.0 Å². The third kappa shape index (κ3) is 2.11.